The Morgan fingerprint density at radius 1 is 1.42 bits per heavy atom. The van der Waals surface area contributed by atoms with Crippen LogP contribution in [0.25, 0.3) is 0 Å². The number of ether oxygens (including phenoxy) is 1. The first-order chi connectivity index (χ1) is 8.96. The molecule has 1 rings (SSSR count). The van der Waals surface area contributed by atoms with Crippen molar-refractivity contribution in [1.29, 1.82) is 0 Å². The molecule has 2 atom stereocenters. The lowest BCUT2D eigenvalue weighted by Gasteiger charge is -2.36. The van der Waals surface area contributed by atoms with Gasteiger partial charge in [0.1, 0.15) is 5.82 Å². The Balaban J connectivity index is 2.91. The Hall–Kier alpha value is -0.640. The highest BCUT2D eigenvalue weighted by atomic mass is 35.5. The predicted molar refractivity (Wildman–Crippen MR) is 78.3 cm³/mol. The average molecular weight is 288 g/mol. The van der Waals surface area contributed by atoms with Crippen molar-refractivity contribution in [2.75, 3.05) is 13.7 Å². The number of benzene rings is 1. The molecule has 1 aromatic carbocycles. The van der Waals surface area contributed by atoms with Gasteiger partial charge in [0, 0.05) is 13.2 Å². The van der Waals surface area contributed by atoms with Gasteiger partial charge in [0.15, 0.2) is 0 Å². The van der Waals surface area contributed by atoms with Crippen molar-refractivity contribution < 1.29 is 9.13 Å². The summed E-state index contributed by atoms with van der Waals surface area (Å²) in [4.78, 5) is 0. The van der Waals surface area contributed by atoms with E-state index in [1.54, 1.807) is 19.2 Å². The second kappa shape index (κ2) is 7.22. The highest BCUT2D eigenvalue weighted by Gasteiger charge is 2.32. The quantitative estimate of drug-likeness (QED) is 0.823. The molecule has 2 nitrogen and oxygen atoms in total. The van der Waals surface area contributed by atoms with Gasteiger partial charge in [-0.25, -0.2) is 4.39 Å². The SMILES string of the molecule is CCNC(Cc1ccc(F)c(Cl)c1)C(C)(CC)OC. The summed E-state index contributed by atoms with van der Waals surface area (Å²) in [5.41, 5.74) is 0.755. The van der Waals surface area contributed by atoms with Crippen molar-refractivity contribution in [3.8, 4) is 0 Å². The van der Waals surface area contributed by atoms with Gasteiger partial charge in [0.25, 0.3) is 0 Å². The van der Waals surface area contributed by atoms with Crippen LogP contribution in [0.1, 0.15) is 32.8 Å². The number of halogens is 2. The van der Waals surface area contributed by atoms with Crippen LogP contribution in [-0.2, 0) is 11.2 Å². The fraction of sp³-hybridized carbons (Fsp3) is 0.600. The Labute approximate surface area is 120 Å². The molecular weight excluding hydrogens is 265 g/mol. The minimum atomic E-state index is -0.379. The first-order valence-electron chi connectivity index (χ1n) is 6.69. The van der Waals surface area contributed by atoms with E-state index < -0.39 is 0 Å². The largest absolute Gasteiger partial charge is 0.377 e. The number of hydrogen-bond donors (Lipinski definition) is 1. The van der Waals surface area contributed by atoms with Crippen molar-refractivity contribution in [1.82, 2.24) is 5.32 Å². The Kier molecular flexibility index (Phi) is 6.24. The lowest BCUT2D eigenvalue weighted by molar-refractivity contribution is -0.0283. The maximum Gasteiger partial charge on any atom is 0.141 e. The van der Waals surface area contributed by atoms with Crippen LogP contribution in [0.15, 0.2) is 18.2 Å². The zero-order chi connectivity index (χ0) is 14.5. The summed E-state index contributed by atoms with van der Waals surface area (Å²) in [6.07, 6.45) is 1.65. The van der Waals surface area contributed by atoms with Gasteiger partial charge in [-0.1, -0.05) is 31.5 Å². The van der Waals surface area contributed by atoms with Crippen LogP contribution in [0.2, 0.25) is 5.02 Å². The minimum absolute atomic E-state index is 0.161. The molecular formula is C15H23ClFNO. The zero-order valence-electron chi connectivity index (χ0n) is 12.1. The first-order valence-corrected chi connectivity index (χ1v) is 7.07. The molecule has 1 N–H and O–H groups in total. The van der Waals surface area contributed by atoms with Gasteiger partial charge in [-0.15, -0.1) is 0 Å². The molecule has 0 fully saturated rings. The number of likely N-dealkylation sites (N-methyl/N-ethyl adjacent to an activating group) is 1. The summed E-state index contributed by atoms with van der Waals surface area (Å²) in [6.45, 7) is 7.12. The van der Waals surface area contributed by atoms with Crippen LogP contribution in [0.5, 0.6) is 0 Å². The van der Waals surface area contributed by atoms with E-state index in [0.29, 0.717) is 0 Å². The monoisotopic (exact) mass is 287 g/mol. The zero-order valence-corrected chi connectivity index (χ0v) is 12.9. The van der Waals surface area contributed by atoms with Gasteiger partial charge in [-0.3, -0.25) is 0 Å². The van der Waals surface area contributed by atoms with E-state index in [0.717, 1.165) is 24.9 Å². The van der Waals surface area contributed by atoms with Crippen LogP contribution in [0.3, 0.4) is 0 Å². The molecule has 4 heteroatoms. The van der Waals surface area contributed by atoms with Crippen molar-refractivity contribution in [3.63, 3.8) is 0 Å². The van der Waals surface area contributed by atoms with Crippen molar-refractivity contribution in [2.45, 2.75) is 45.3 Å². The summed E-state index contributed by atoms with van der Waals surface area (Å²) in [7, 11) is 1.73. The summed E-state index contributed by atoms with van der Waals surface area (Å²) in [5.74, 6) is -0.379. The molecule has 0 aliphatic rings. The second-order valence-electron chi connectivity index (χ2n) is 4.93. The number of hydrogen-bond acceptors (Lipinski definition) is 2. The maximum atomic E-state index is 13.2. The molecule has 0 radical (unpaired) electrons. The lowest BCUT2D eigenvalue weighted by Crippen LogP contribution is -2.51. The fourth-order valence-corrected chi connectivity index (χ4v) is 2.39. The molecule has 0 aromatic heterocycles. The third-order valence-electron chi connectivity index (χ3n) is 3.78. The van der Waals surface area contributed by atoms with Crippen LogP contribution in [0, 0.1) is 5.82 Å². The molecule has 0 spiro atoms. The van der Waals surface area contributed by atoms with E-state index in [4.69, 9.17) is 16.3 Å². The topological polar surface area (TPSA) is 21.3 Å². The van der Waals surface area contributed by atoms with E-state index >= 15 is 0 Å². The molecule has 19 heavy (non-hydrogen) atoms. The first kappa shape index (κ1) is 16.4. The fourth-order valence-electron chi connectivity index (χ4n) is 2.19. The molecule has 0 amide bonds. The summed E-state index contributed by atoms with van der Waals surface area (Å²) < 4.78 is 18.8. The van der Waals surface area contributed by atoms with E-state index in [1.165, 1.54) is 6.07 Å². The minimum Gasteiger partial charge on any atom is -0.377 e. The standard InChI is InChI=1S/C15H23ClFNO/c1-5-15(3,19-4)14(18-6-2)10-11-7-8-13(17)12(16)9-11/h7-9,14,18H,5-6,10H2,1-4H3. The summed E-state index contributed by atoms with van der Waals surface area (Å²) in [5, 5.41) is 3.62. The average Bonchev–Trinajstić information content (AvgIpc) is 2.41. The highest BCUT2D eigenvalue weighted by Crippen LogP contribution is 2.24. The molecule has 0 aliphatic heterocycles. The number of methoxy groups -OCH3 is 1. The summed E-state index contributed by atoms with van der Waals surface area (Å²) >= 11 is 5.83. The van der Waals surface area contributed by atoms with Crippen LogP contribution >= 0.6 is 11.6 Å². The molecule has 0 bridgehead atoms. The maximum absolute atomic E-state index is 13.2. The van der Waals surface area contributed by atoms with Crippen LogP contribution in [0.4, 0.5) is 4.39 Å². The van der Waals surface area contributed by atoms with E-state index in [1.807, 2.05) is 0 Å². The van der Waals surface area contributed by atoms with Gasteiger partial charge in [0.2, 0.25) is 0 Å². The van der Waals surface area contributed by atoms with Crippen LogP contribution < -0.4 is 5.32 Å². The molecule has 108 valence electrons. The van der Waals surface area contributed by atoms with Gasteiger partial charge < -0.3 is 10.1 Å². The third-order valence-corrected chi connectivity index (χ3v) is 4.07. The highest BCUT2D eigenvalue weighted by molar-refractivity contribution is 6.30. The predicted octanol–water partition coefficient (Wildman–Crippen LogP) is 3.81. The lowest BCUT2D eigenvalue weighted by atomic mass is 9.88. The van der Waals surface area contributed by atoms with Gasteiger partial charge in [-0.2, -0.15) is 0 Å². The Morgan fingerprint density at radius 2 is 2.11 bits per heavy atom. The van der Waals surface area contributed by atoms with E-state index in [-0.39, 0.29) is 22.5 Å². The van der Waals surface area contributed by atoms with E-state index in [9.17, 15) is 4.39 Å². The van der Waals surface area contributed by atoms with Gasteiger partial charge in [-0.05, 0) is 44.0 Å². The summed E-state index contributed by atoms with van der Waals surface area (Å²) in [6, 6.07) is 5.04. The molecule has 0 heterocycles. The van der Waals surface area contributed by atoms with Crippen LogP contribution in [-0.4, -0.2) is 25.3 Å². The molecule has 0 aliphatic carbocycles. The normalized spacial score (nSPS) is 16.1. The van der Waals surface area contributed by atoms with E-state index in [2.05, 4.69) is 26.1 Å². The van der Waals surface area contributed by atoms with Gasteiger partial charge >= 0.3 is 0 Å². The van der Waals surface area contributed by atoms with Crippen molar-refractivity contribution in [2.24, 2.45) is 0 Å². The van der Waals surface area contributed by atoms with Gasteiger partial charge in [0.05, 0.1) is 10.6 Å². The Morgan fingerprint density at radius 3 is 2.58 bits per heavy atom. The Bertz CT molecular complexity index is 407. The van der Waals surface area contributed by atoms with Crippen molar-refractivity contribution >= 4 is 11.6 Å². The number of nitrogens with one attached hydrogen (secondary N) is 1. The third kappa shape index (κ3) is 4.16. The molecule has 2 unspecified atom stereocenters. The smallest absolute Gasteiger partial charge is 0.141 e. The molecule has 1 aromatic rings. The number of rotatable bonds is 7. The second-order valence-corrected chi connectivity index (χ2v) is 5.34. The van der Waals surface area contributed by atoms with Crippen molar-refractivity contribution in [3.05, 3.63) is 34.6 Å². The molecule has 0 saturated carbocycles. The molecule has 0 saturated heterocycles.